The summed E-state index contributed by atoms with van der Waals surface area (Å²) >= 11 is 0. The lowest BCUT2D eigenvalue weighted by Gasteiger charge is -2.56. The molecule has 4 heterocycles. The Labute approximate surface area is 211 Å². The molecule has 9 heteroatoms. The predicted molar refractivity (Wildman–Crippen MR) is 134 cm³/mol. The molecule has 3 fully saturated rings. The molecule has 1 aliphatic carbocycles. The van der Waals surface area contributed by atoms with E-state index in [9.17, 15) is 14.7 Å². The summed E-state index contributed by atoms with van der Waals surface area (Å²) in [6, 6.07) is 5.64. The summed E-state index contributed by atoms with van der Waals surface area (Å²) in [6.45, 7) is 4.62. The number of methoxy groups -OCH3 is 1. The summed E-state index contributed by atoms with van der Waals surface area (Å²) in [4.78, 5) is 32.6. The number of morpholine rings is 1. The quantitative estimate of drug-likeness (QED) is 0.648. The van der Waals surface area contributed by atoms with Crippen molar-refractivity contribution in [1.82, 2.24) is 19.3 Å². The van der Waals surface area contributed by atoms with Crippen molar-refractivity contribution in [3.8, 4) is 5.75 Å². The molecule has 6 rings (SSSR count). The largest absolute Gasteiger partial charge is 0.497 e. The lowest BCUT2D eigenvalue weighted by atomic mass is 9.68. The third-order valence-corrected chi connectivity index (χ3v) is 8.60. The van der Waals surface area contributed by atoms with Crippen LogP contribution in [-0.4, -0.2) is 102 Å². The number of aliphatic hydroxyl groups is 1. The predicted octanol–water partition coefficient (Wildman–Crippen LogP) is 1.27. The van der Waals surface area contributed by atoms with Gasteiger partial charge in [-0.05, 0) is 36.5 Å². The zero-order valence-electron chi connectivity index (χ0n) is 21.2. The van der Waals surface area contributed by atoms with Gasteiger partial charge in [-0.15, -0.1) is 0 Å². The number of rotatable bonds is 6. The van der Waals surface area contributed by atoms with Crippen LogP contribution in [-0.2, 0) is 26.8 Å². The second-order valence-corrected chi connectivity index (χ2v) is 11.0. The molecule has 194 valence electrons. The van der Waals surface area contributed by atoms with Gasteiger partial charge in [-0.25, -0.2) is 0 Å². The average molecular weight is 497 g/mol. The fraction of sp³-hybridized carbons (Fsp3) is 0.630. The minimum Gasteiger partial charge on any atom is -0.497 e. The van der Waals surface area contributed by atoms with Gasteiger partial charge in [0.05, 0.1) is 50.4 Å². The highest BCUT2D eigenvalue weighted by Crippen LogP contribution is 2.50. The number of aromatic nitrogens is 1. The second kappa shape index (κ2) is 9.04. The SMILES string of the molecule is COc1ccc2c3c(n(C)c2c1)[C@@H](CO)N(C(=O)CN1CCOCC1)CC31CN(C(=O)CC2CC2)C1. The number of carbonyl (C=O) groups excluding carboxylic acids is 2. The Kier molecular flexibility index (Phi) is 5.97. The first-order chi connectivity index (χ1) is 17.4. The number of amides is 2. The van der Waals surface area contributed by atoms with Crippen molar-refractivity contribution in [3.05, 3.63) is 29.5 Å². The third-order valence-electron chi connectivity index (χ3n) is 8.60. The molecule has 1 atom stereocenters. The van der Waals surface area contributed by atoms with Gasteiger partial charge in [0, 0.05) is 63.3 Å². The normalized spacial score (nSPS) is 23.6. The number of ether oxygens (including phenoxy) is 2. The van der Waals surface area contributed by atoms with Crippen LogP contribution in [0.4, 0.5) is 0 Å². The van der Waals surface area contributed by atoms with E-state index in [1.54, 1.807) is 7.11 Å². The maximum atomic E-state index is 13.7. The number of aryl methyl sites for hydroxylation is 1. The molecule has 2 amide bonds. The molecule has 1 aromatic heterocycles. The van der Waals surface area contributed by atoms with Crippen LogP contribution < -0.4 is 4.74 Å². The summed E-state index contributed by atoms with van der Waals surface area (Å²) in [5, 5.41) is 11.7. The van der Waals surface area contributed by atoms with E-state index in [1.807, 2.05) is 29.0 Å². The van der Waals surface area contributed by atoms with Crippen molar-refractivity contribution in [2.24, 2.45) is 13.0 Å². The highest BCUT2D eigenvalue weighted by atomic mass is 16.5. The van der Waals surface area contributed by atoms with Crippen LogP contribution in [0.1, 0.15) is 36.6 Å². The Morgan fingerprint density at radius 2 is 1.89 bits per heavy atom. The van der Waals surface area contributed by atoms with Crippen LogP contribution in [0.5, 0.6) is 5.75 Å². The zero-order chi connectivity index (χ0) is 25.0. The molecule has 9 nitrogen and oxygen atoms in total. The number of hydrogen-bond acceptors (Lipinski definition) is 6. The van der Waals surface area contributed by atoms with Gasteiger partial charge in [0.25, 0.3) is 0 Å². The lowest BCUT2D eigenvalue weighted by molar-refractivity contribution is -0.146. The van der Waals surface area contributed by atoms with E-state index in [-0.39, 0.29) is 23.8 Å². The molecular formula is C27H36N4O5. The van der Waals surface area contributed by atoms with Gasteiger partial charge in [-0.1, -0.05) is 0 Å². The van der Waals surface area contributed by atoms with E-state index >= 15 is 0 Å². The third kappa shape index (κ3) is 3.88. The van der Waals surface area contributed by atoms with Gasteiger partial charge in [0.1, 0.15) is 5.75 Å². The van der Waals surface area contributed by atoms with Crippen molar-refractivity contribution >= 4 is 22.7 Å². The Hall–Kier alpha value is -2.62. The van der Waals surface area contributed by atoms with E-state index in [1.165, 1.54) is 5.56 Å². The van der Waals surface area contributed by atoms with Gasteiger partial charge >= 0.3 is 0 Å². The number of benzene rings is 1. The van der Waals surface area contributed by atoms with Crippen LogP contribution >= 0.6 is 0 Å². The van der Waals surface area contributed by atoms with Crippen LogP contribution in [0.3, 0.4) is 0 Å². The van der Waals surface area contributed by atoms with Gasteiger partial charge in [0.2, 0.25) is 11.8 Å². The van der Waals surface area contributed by atoms with Crippen LogP contribution in [0, 0.1) is 5.92 Å². The molecule has 0 bridgehead atoms. The monoisotopic (exact) mass is 496 g/mol. The van der Waals surface area contributed by atoms with Gasteiger partial charge in [-0.3, -0.25) is 14.5 Å². The minimum atomic E-state index is -0.432. The molecule has 1 saturated carbocycles. The number of hydrogen-bond donors (Lipinski definition) is 1. The van der Waals surface area contributed by atoms with Crippen LogP contribution in [0.15, 0.2) is 18.2 Å². The van der Waals surface area contributed by atoms with Crippen molar-refractivity contribution in [2.75, 3.05) is 66.2 Å². The van der Waals surface area contributed by atoms with E-state index in [4.69, 9.17) is 9.47 Å². The van der Waals surface area contributed by atoms with Crippen molar-refractivity contribution in [2.45, 2.75) is 30.7 Å². The van der Waals surface area contributed by atoms with Crippen molar-refractivity contribution in [3.63, 3.8) is 0 Å². The Balaban J connectivity index is 1.38. The standard InChI is InChI=1S/C27H36N4O5/c1-28-21-12-19(35-2)5-6-20(21)25-26(28)22(14-32)31(24(34)13-29-7-9-36-10-8-29)17-27(25)15-30(16-27)23(33)11-18-3-4-18/h5-6,12,18,22,32H,3-4,7-11,13-17H2,1-2H3/t22-/m1/s1. The molecule has 36 heavy (non-hydrogen) atoms. The smallest absolute Gasteiger partial charge is 0.237 e. The molecule has 4 aliphatic rings. The molecule has 3 aliphatic heterocycles. The molecule has 1 N–H and O–H groups in total. The Bertz CT molecular complexity index is 1180. The summed E-state index contributed by atoms with van der Waals surface area (Å²) in [6.07, 6.45) is 2.94. The van der Waals surface area contributed by atoms with Crippen LogP contribution in [0.25, 0.3) is 10.9 Å². The fourth-order valence-corrected chi connectivity index (χ4v) is 6.48. The average Bonchev–Trinajstić information content (AvgIpc) is 3.64. The molecule has 1 spiro atoms. The maximum absolute atomic E-state index is 13.7. The first-order valence-corrected chi connectivity index (χ1v) is 13.1. The Morgan fingerprint density at radius 3 is 2.56 bits per heavy atom. The molecule has 0 radical (unpaired) electrons. The van der Waals surface area contributed by atoms with Gasteiger partial charge in [-0.2, -0.15) is 0 Å². The number of aliphatic hydroxyl groups excluding tert-OH is 1. The maximum Gasteiger partial charge on any atom is 0.237 e. The van der Waals surface area contributed by atoms with E-state index < -0.39 is 6.04 Å². The highest BCUT2D eigenvalue weighted by molar-refractivity contribution is 5.91. The first-order valence-electron chi connectivity index (χ1n) is 13.1. The molecular weight excluding hydrogens is 460 g/mol. The van der Waals surface area contributed by atoms with Gasteiger partial charge in [0.15, 0.2) is 0 Å². The second-order valence-electron chi connectivity index (χ2n) is 11.0. The van der Waals surface area contributed by atoms with E-state index in [0.717, 1.165) is 48.3 Å². The summed E-state index contributed by atoms with van der Waals surface area (Å²) < 4.78 is 13.1. The summed E-state index contributed by atoms with van der Waals surface area (Å²) in [7, 11) is 3.66. The van der Waals surface area contributed by atoms with E-state index in [0.29, 0.717) is 51.7 Å². The number of fused-ring (bicyclic) bond motifs is 4. The summed E-state index contributed by atoms with van der Waals surface area (Å²) in [5.74, 6) is 1.56. The van der Waals surface area contributed by atoms with Crippen molar-refractivity contribution in [1.29, 1.82) is 0 Å². The topological polar surface area (TPSA) is 87.5 Å². The molecule has 2 aromatic rings. The van der Waals surface area contributed by atoms with Crippen molar-refractivity contribution < 1.29 is 24.2 Å². The molecule has 1 aromatic carbocycles. The van der Waals surface area contributed by atoms with Gasteiger partial charge < -0.3 is 28.9 Å². The molecule has 0 unspecified atom stereocenters. The lowest BCUT2D eigenvalue weighted by Crippen LogP contribution is -2.68. The Morgan fingerprint density at radius 1 is 1.14 bits per heavy atom. The highest BCUT2D eigenvalue weighted by Gasteiger charge is 2.55. The minimum absolute atomic E-state index is 0.0200. The van der Waals surface area contributed by atoms with E-state index in [2.05, 4.69) is 15.5 Å². The number of carbonyl (C=O) groups is 2. The fourth-order valence-electron chi connectivity index (χ4n) is 6.48. The number of nitrogens with zero attached hydrogens (tertiary/aromatic N) is 4. The zero-order valence-corrected chi connectivity index (χ0v) is 21.2. The summed E-state index contributed by atoms with van der Waals surface area (Å²) in [5.41, 5.74) is 2.82. The van der Waals surface area contributed by atoms with Crippen LogP contribution in [0.2, 0.25) is 0 Å². The molecule has 2 saturated heterocycles. The first kappa shape index (κ1) is 23.8. The number of likely N-dealkylation sites (tertiary alicyclic amines) is 1.